The molecule has 1 unspecified atom stereocenters. The Kier molecular flexibility index (Phi) is 5.40. The predicted molar refractivity (Wildman–Crippen MR) is 64.6 cm³/mol. The van der Waals surface area contributed by atoms with E-state index in [-0.39, 0.29) is 12.6 Å². The van der Waals surface area contributed by atoms with E-state index in [1.54, 1.807) is 6.07 Å². The van der Waals surface area contributed by atoms with Crippen molar-refractivity contribution in [3.8, 4) is 0 Å². The fraction of sp³-hybridized carbons (Fsp3) is 0.455. The van der Waals surface area contributed by atoms with Gasteiger partial charge in [0.2, 0.25) is 0 Å². The van der Waals surface area contributed by atoms with Crippen LogP contribution in [0.4, 0.5) is 0 Å². The molecule has 4 heteroatoms. The smallest absolute Gasteiger partial charge is 0.0595 e. The first-order valence-corrected chi connectivity index (χ1v) is 5.73. The highest BCUT2D eigenvalue weighted by molar-refractivity contribution is 6.42. The summed E-state index contributed by atoms with van der Waals surface area (Å²) in [5, 5.41) is 13.3. The van der Waals surface area contributed by atoms with Crippen LogP contribution < -0.4 is 5.32 Å². The molecule has 84 valence electrons. The van der Waals surface area contributed by atoms with E-state index < -0.39 is 0 Å². The molecular weight excluding hydrogens is 233 g/mol. The molecule has 0 saturated heterocycles. The van der Waals surface area contributed by atoms with Crippen molar-refractivity contribution in [3.63, 3.8) is 0 Å². The van der Waals surface area contributed by atoms with Gasteiger partial charge in [-0.25, -0.2) is 0 Å². The molecule has 15 heavy (non-hydrogen) atoms. The van der Waals surface area contributed by atoms with E-state index in [4.69, 9.17) is 28.3 Å². The van der Waals surface area contributed by atoms with Gasteiger partial charge in [-0.1, -0.05) is 36.2 Å². The molecule has 0 heterocycles. The standard InChI is InChI=1S/C11H15Cl2NO/c1-2-14-11(5-6-15)8-3-4-9(12)10(13)7-8/h3-4,7,11,14-15H,2,5-6H2,1H3. The van der Waals surface area contributed by atoms with E-state index in [0.29, 0.717) is 16.5 Å². The maximum atomic E-state index is 8.95. The summed E-state index contributed by atoms with van der Waals surface area (Å²) in [5.74, 6) is 0. The van der Waals surface area contributed by atoms with Gasteiger partial charge in [-0.05, 0) is 30.7 Å². The summed E-state index contributed by atoms with van der Waals surface area (Å²) in [7, 11) is 0. The highest BCUT2D eigenvalue weighted by Gasteiger charge is 2.10. The molecule has 0 fully saturated rings. The molecule has 0 aromatic heterocycles. The largest absolute Gasteiger partial charge is 0.396 e. The normalized spacial score (nSPS) is 12.8. The van der Waals surface area contributed by atoms with Gasteiger partial charge in [0, 0.05) is 12.6 Å². The van der Waals surface area contributed by atoms with Gasteiger partial charge in [0.15, 0.2) is 0 Å². The van der Waals surface area contributed by atoms with Crippen LogP contribution in [0.1, 0.15) is 24.9 Å². The second kappa shape index (κ2) is 6.33. The summed E-state index contributed by atoms with van der Waals surface area (Å²) in [5.41, 5.74) is 1.06. The van der Waals surface area contributed by atoms with Gasteiger partial charge in [0.25, 0.3) is 0 Å². The third-order valence-electron chi connectivity index (χ3n) is 2.21. The third-order valence-corrected chi connectivity index (χ3v) is 2.95. The molecule has 0 aliphatic rings. The average Bonchev–Trinajstić information content (AvgIpc) is 2.22. The fourth-order valence-electron chi connectivity index (χ4n) is 1.49. The Morgan fingerprint density at radius 3 is 2.60 bits per heavy atom. The summed E-state index contributed by atoms with van der Waals surface area (Å²) < 4.78 is 0. The number of hydrogen-bond acceptors (Lipinski definition) is 2. The van der Waals surface area contributed by atoms with Crippen LogP contribution in [0.3, 0.4) is 0 Å². The predicted octanol–water partition coefficient (Wildman–Crippen LogP) is 3.03. The van der Waals surface area contributed by atoms with Crippen LogP contribution in [0.25, 0.3) is 0 Å². The molecule has 1 aromatic carbocycles. The van der Waals surface area contributed by atoms with Crippen molar-refractivity contribution in [1.29, 1.82) is 0 Å². The van der Waals surface area contributed by atoms with Gasteiger partial charge in [-0.2, -0.15) is 0 Å². The number of rotatable bonds is 5. The first-order valence-electron chi connectivity index (χ1n) is 4.98. The van der Waals surface area contributed by atoms with Crippen LogP contribution in [0.15, 0.2) is 18.2 Å². The molecule has 1 rings (SSSR count). The van der Waals surface area contributed by atoms with Crippen molar-refractivity contribution in [2.24, 2.45) is 0 Å². The molecule has 0 spiro atoms. The van der Waals surface area contributed by atoms with Crippen LogP contribution in [0, 0.1) is 0 Å². The molecule has 0 bridgehead atoms. The first kappa shape index (κ1) is 12.8. The number of benzene rings is 1. The van der Waals surface area contributed by atoms with Crippen molar-refractivity contribution in [2.75, 3.05) is 13.2 Å². The molecule has 2 N–H and O–H groups in total. The molecule has 0 saturated carbocycles. The number of aliphatic hydroxyl groups excluding tert-OH is 1. The first-order chi connectivity index (χ1) is 7.19. The lowest BCUT2D eigenvalue weighted by molar-refractivity contribution is 0.266. The molecule has 0 radical (unpaired) electrons. The van der Waals surface area contributed by atoms with Gasteiger partial charge >= 0.3 is 0 Å². The van der Waals surface area contributed by atoms with Crippen LogP contribution in [-0.4, -0.2) is 18.3 Å². The zero-order valence-electron chi connectivity index (χ0n) is 8.63. The Hall–Kier alpha value is -0.280. The number of halogens is 2. The zero-order valence-corrected chi connectivity index (χ0v) is 10.1. The Balaban J connectivity index is 2.85. The zero-order chi connectivity index (χ0) is 11.3. The highest BCUT2D eigenvalue weighted by Crippen LogP contribution is 2.26. The van der Waals surface area contributed by atoms with E-state index in [9.17, 15) is 0 Å². The fourth-order valence-corrected chi connectivity index (χ4v) is 1.80. The lowest BCUT2D eigenvalue weighted by atomic mass is 10.0. The lowest BCUT2D eigenvalue weighted by Gasteiger charge is -2.17. The van der Waals surface area contributed by atoms with E-state index in [2.05, 4.69) is 5.32 Å². The minimum atomic E-state index is 0.134. The molecular formula is C11H15Cl2NO. The van der Waals surface area contributed by atoms with E-state index >= 15 is 0 Å². The van der Waals surface area contributed by atoms with Gasteiger partial charge in [0.1, 0.15) is 0 Å². The van der Waals surface area contributed by atoms with Crippen LogP contribution in [-0.2, 0) is 0 Å². The lowest BCUT2D eigenvalue weighted by Crippen LogP contribution is -2.21. The van der Waals surface area contributed by atoms with Gasteiger partial charge in [-0.3, -0.25) is 0 Å². The molecule has 0 aliphatic heterocycles. The quantitative estimate of drug-likeness (QED) is 0.839. The van der Waals surface area contributed by atoms with Crippen molar-refractivity contribution in [1.82, 2.24) is 5.32 Å². The maximum Gasteiger partial charge on any atom is 0.0595 e. The Morgan fingerprint density at radius 1 is 1.33 bits per heavy atom. The second-order valence-corrected chi connectivity index (χ2v) is 4.11. The highest BCUT2D eigenvalue weighted by atomic mass is 35.5. The molecule has 1 atom stereocenters. The number of aliphatic hydroxyl groups is 1. The molecule has 0 amide bonds. The molecule has 0 aliphatic carbocycles. The van der Waals surface area contributed by atoms with E-state index in [1.807, 2.05) is 19.1 Å². The Labute approximate surface area is 100 Å². The number of hydrogen-bond donors (Lipinski definition) is 2. The monoisotopic (exact) mass is 247 g/mol. The minimum absolute atomic E-state index is 0.134. The van der Waals surface area contributed by atoms with Crippen molar-refractivity contribution in [2.45, 2.75) is 19.4 Å². The van der Waals surface area contributed by atoms with Gasteiger partial charge in [0.05, 0.1) is 10.0 Å². The average molecular weight is 248 g/mol. The Bertz CT molecular complexity index is 311. The summed E-state index contributed by atoms with van der Waals surface area (Å²) >= 11 is 11.8. The molecule has 2 nitrogen and oxygen atoms in total. The minimum Gasteiger partial charge on any atom is -0.396 e. The van der Waals surface area contributed by atoms with Crippen LogP contribution in [0.5, 0.6) is 0 Å². The maximum absolute atomic E-state index is 8.95. The summed E-state index contributed by atoms with van der Waals surface area (Å²) in [6.07, 6.45) is 0.672. The van der Waals surface area contributed by atoms with E-state index in [0.717, 1.165) is 12.1 Å². The van der Waals surface area contributed by atoms with Gasteiger partial charge < -0.3 is 10.4 Å². The summed E-state index contributed by atoms with van der Waals surface area (Å²) in [6, 6.07) is 5.68. The summed E-state index contributed by atoms with van der Waals surface area (Å²) in [6.45, 7) is 3.03. The van der Waals surface area contributed by atoms with Crippen LogP contribution >= 0.6 is 23.2 Å². The van der Waals surface area contributed by atoms with Crippen molar-refractivity contribution < 1.29 is 5.11 Å². The Morgan fingerprint density at radius 2 is 2.07 bits per heavy atom. The van der Waals surface area contributed by atoms with Crippen molar-refractivity contribution in [3.05, 3.63) is 33.8 Å². The molecule has 1 aromatic rings. The van der Waals surface area contributed by atoms with Crippen molar-refractivity contribution >= 4 is 23.2 Å². The SMILES string of the molecule is CCNC(CCO)c1ccc(Cl)c(Cl)c1. The van der Waals surface area contributed by atoms with Gasteiger partial charge in [-0.15, -0.1) is 0 Å². The van der Waals surface area contributed by atoms with Crippen LogP contribution in [0.2, 0.25) is 10.0 Å². The van der Waals surface area contributed by atoms with E-state index in [1.165, 1.54) is 0 Å². The number of nitrogens with one attached hydrogen (secondary N) is 1. The second-order valence-electron chi connectivity index (χ2n) is 3.30. The topological polar surface area (TPSA) is 32.3 Å². The summed E-state index contributed by atoms with van der Waals surface area (Å²) in [4.78, 5) is 0. The third kappa shape index (κ3) is 3.65.